The zero-order valence-corrected chi connectivity index (χ0v) is 11.8. The van der Waals surface area contributed by atoms with Gasteiger partial charge in [-0.1, -0.05) is 45.0 Å². The van der Waals surface area contributed by atoms with Crippen molar-refractivity contribution in [2.75, 3.05) is 0 Å². The van der Waals surface area contributed by atoms with Gasteiger partial charge in [-0.3, -0.25) is 4.79 Å². The van der Waals surface area contributed by atoms with Crippen molar-refractivity contribution in [3.63, 3.8) is 0 Å². The standard InChI is InChI=1S/C16H25NO/c1-16(2,3)11-10-15(18)9-8-13-4-6-14(12-17)7-5-13/h4-7H,8-12,17H2,1-3H3. The average molecular weight is 247 g/mol. The summed E-state index contributed by atoms with van der Waals surface area (Å²) in [5, 5.41) is 0. The summed E-state index contributed by atoms with van der Waals surface area (Å²) < 4.78 is 0. The molecule has 0 aromatic heterocycles. The number of carbonyl (C=O) groups is 1. The van der Waals surface area contributed by atoms with Gasteiger partial charge in [0.05, 0.1) is 0 Å². The van der Waals surface area contributed by atoms with Gasteiger partial charge in [-0.2, -0.15) is 0 Å². The van der Waals surface area contributed by atoms with Crippen LogP contribution in [-0.4, -0.2) is 5.78 Å². The maximum atomic E-state index is 11.8. The fraction of sp³-hybridized carbons (Fsp3) is 0.562. The van der Waals surface area contributed by atoms with Gasteiger partial charge >= 0.3 is 0 Å². The Morgan fingerprint density at radius 2 is 1.61 bits per heavy atom. The molecule has 100 valence electrons. The van der Waals surface area contributed by atoms with Gasteiger partial charge in [0.2, 0.25) is 0 Å². The lowest BCUT2D eigenvalue weighted by Crippen LogP contribution is -2.09. The normalized spacial score (nSPS) is 11.6. The van der Waals surface area contributed by atoms with Gasteiger partial charge < -0.3 is 5.73 Å². The number of Topliss-reactive ketones (excluding diaryl/α,β-unsaturated/α-hetero) is 1. The smallest absolute Gasteiger partial charge is 0.133 e. The van der Waals surface area contributed by atoms with Gasteiger partial charge in [0.15, 0.2) is 0 Å². The lowest BCUT2D eigenvalue weighted by molar-refractivity contribution is -0.119. The molecular weight excluding hydrogens is 222 g/mol. The van der Waals surface area contributed by atoms with E-state index in [4.69, 9.17) is 5.73 Å². The van der Waals surface area contributed by atoms with Crippen molar-refractivity contribution in [1.82, 2.24) is 0 Å². The molecule has 1 aromatic rings. The van der Waals surface area contributed by atoms with E-state index in [0.29, 0.717) is 25.2 Å². The molecule has 1 aromatic carbocycles. The minimum absolute atomic E-state index is 0.248. The third-order valence-electron chi connectivity index (χ3n) is 3.11. The first-order chi connectivity index (χ1) is 8.40. The topological polar surface area (TPSA) is 43.1 Å². The van der Waals surface area contributed by atoms with E-state index in [1.807, 2.05) is 12.1 Å². The lowest BCUT2D eigenvalue weighted by atomic mass is 9.89. The van der Waals surface area contributed by atoms with Crippen LogP contribution in [0.4, 0.5) is 0 Å². The molecule has 2 nitrogen and oxygen atoms in total. The molecule has 0 fully saturated rings. The van der Waals surface area contributed by atoms with Crippen LogP contribution in [-0.2, 0) is 17.8 Å². The molecule has 0 spiro atoms. The third kappa shape index (κ3) is 5.97. The van der Waals surface area contributed by atoms with Gasteiger partial charge in [-0.15, -0.1) is 0 Å². The Kier molecular flexibility index (Phi) is 5.54. The zero-order chi connectivity index (χ0) is 13.6. The molecule has 18 heavy (non-hydrogen) atoms. The van der Waals surface area contributed by atoms with Crippen LogP contribution in [0.15, 0.2) is 24.3 Å². The number of aryl methyl sites for hydroxylation is 1. The van der Waals surface area contributed by atoms with E-state index >= 15 is 0 Å². The quantitative estimate of drug-likeness (QED) is 0.836. The third-order valence-corrected chi connectivity index (χ3v) is 3.11. The SMILES string of the molecule is CC(C)(C)CCC(=O)CCc1ccc(CN)cc1. The second kappa shape index (κ2) is 6.69. The first-order valence-electron chi connectivity index (χ1n) is 6.70. The number of ketones is 1. The van der Waals surface area contributed by atoms with Crippen molar-refractivity contribution in [2.45, 2.75) is 53.0 Å². The van der Waals surface area contributed by atoms with Crippen LogP contribution >= 0.6 is 0 Å². The Hall–Kier alpha value is -1.15. The molecule has 0 saturated carbocycles. The molecule has 0 amide bonds. The summed E-state index contributed by atoms with van der Waals surface area (Å²) in [6.07, 6.45) is 3.16. The van der Waals surface area contributed by atoms with Crippen LogP contribution in [0.2, 0.25) is 0 Å². The van der Waals surface area contributed by atoms with Crippen LogP contribution in [0.1, 0.15) is 51.2 Å². The summed E-state index contributed by atoms with van der Waals surface area (Å²) in [6, 6.07) is 8.21. The Morgan fingerprint density at radius 3 is 2.11 bits per heavy atom. The number of carbonyl (C=O) groups excluding carboxylic acids is 1. The van der Waals surface area contributed by atoms with Gasteiger partial charge in [-0.25, -0.2) is 0 Å². The van der Waals surface area contributed by atoms with E-state index in [2.05, 4.69) is 32.9 Å². The van der Waals surface area contributed by atoms with Crippen LogP contribution in [0, 0.1) is 5.41 Å². The van der Waals surface area contributed by atoms with E-state index in [-0.39, 0.29) is 5.41 Å². The van der Waals surface area contributed by atoms with Crippen molar-refractivity contribution in [2.24, 2.45) is 11.1 Å². The highest BCUT2D eigenvalue weighted by molar-refractivity contribution is 5.78. The molecule has 2 N–H and O–H groups in total. The van der Waals surface area contributed by atoms with Crippen LogP contribution in [0.3, 0.4) is 0 Å². The average Bonchev–Trinajstić information content (AvgIpc) is 2.33. The molecule has 0 unspecified atom stereocenters. The van der Waals surface area contributed by atoms with E-state index in [1.165, 1.54) is 5.56 Å². The molecular formula is C16H25NO. The van der Waals surface area contributed by atoms with Crippen LogP contribution in [0.25, 0.3) is 0 Å². The molecule has 2 heteroatoms. The van der Waals surface area contributed by atoms with E-state index in [9.17, 15) is 4.79 Å². The first kappa shape index (κ1) is 14.9. The van der Waals surface area contributed by atoms with Crippen molar-refractivity contribution in [1.29, 1.82) is 0 Å². The van der Waals surface area contributed by atoms with Crippen molar-refractivity contribution >= 4 is 5.78 Å². The van der Waals surface area contributed by atoms with E-state index < -0.39 is 0 Å². The largest absolute Gasteiger partial charge is 0.326 e. The first-order valence-corrected chi connectivity index (χ1v) is 6.70. The number of nitrogens with two attached hydrogens (primary N) is 1. The lowest BCUT2D eigenvalue weighted by Gasteiger charge is -2.16. The maximum absolute atomic E-state index is 11.8. The Balaban J connectivity index is 2.33. The van der Waals surface area contributed by atoms with Gasteiger partial charge in [0.25, 0.3) is 0 Å². The number of hydrogen-bond acceptors (Lipinski definition) is 2. The molecule has 0 atom stereocenters. The highest BCUT2D eigenvalue weighted by atomic mass is 16.1. The molecule has 1 rings (SSSR count). The van der Waals surface area contributed by atoms with Crippen molar-refractivity contribution in [3.05, 3.63) is 35.4 Å². The highest BCUT2D eigenvalue weighted by Crippen LogP contribution is 2.21. The molecule has 0 saturated heterocycles. The summed E-state index contributed by atoms with van der Waals surface area (Å²) in [4.78, 5) is 11.8. The predicted octanol–water partition coefficient (Wildman–Crippen LogP) is 3.47. The molecule has 0 aliphatic rings. The van der Waals surface area contributed by atoms with E-state index in [0.717, 1.165) is 18.4 Å². The van der Waals surface area contributed by atoms with Crippen molar-refractivity contribution < 1.29 is 4.79 Å². The minimum atomic E-state index is 0.248. The van der Waals surface area contributed by atoms with Gasteiger partial charge in [0, 0.05) is 19.4 Å². The second-order valence-corrected chi connectivity index (χ2v) is 6.12. The van der Waals surface area contributed by atoms with Crippen molar-refractivity contribution in [3.8, 4) is 0 Å². The fourth-order valence-corrected chi connectivity index (χ4v) is 1.77. The van der Waals surface area contributed by atoms with Gasteiger partial charge in [0.1, 0.15) is 5.78 Å². The minimum Gasteiger partial charge on any atom is -0.326 e. The zero-order valence-electron chi connectivity index (χ0n) is 11.8. The van der Waals surface area contributed by atoms with Gasteiger partial charge in [-0.05, 0) is 29.4 Å². The number of rotatable bonds is 6. The fourth-order valence-electron chi connectivity index (χ4n) is 1.77. The predicted molar refractivity (Wildman–Crippen MR) is 76.4 cm³/mol. The van der Waals surface area contributed by atoms with Crippen LogP contribution in [0.5, 0.6) is 0 Å². The Labute approximate surface area is 111 Å². The molecule has 0 aliphatic carbocycles. The molecule has 0 aliphatic heterocycles. The monoisotopic (exact) mass is 247 g/mol. The number of benzene rings is 1. The second-order valence-electron chi connectivity index (χ2n) is 6.12. The number of hydrogen-bond donors (Lipinski definition) is 1. The molecule has 0 radical (unpaired) electrons. The van der Waals surface area contributed by atoms with E-state index in [1.54, 1.807) is 0 Å². The molecule has 0 bridgehead atoms. The van der Waals surface area contributed by atoms with Crippen LogP contribution < -0.4 is 5.73 Å². The maximum Gasteiger partial charge on any atom is 0.133 e. The summed E-state index contributed by atoms with van der Waals surface area (Å²) in [5.41, 5.74) is 8.15. The Morgan fingerprint density at radius 1 is 1.06 bits per heavy atom. The summed E-state index contributed by atoms with van der Waals surface area (Å²) in [7, 11) is 0. The summed E-state index contributed by atoms with van der Waals surface area (Å²) >= 11 is 0. The summed E-state index contributed by atoms with van der Waals surface area (Å²) in [6.45, 7) is 7.09. The molecule has 0 heterocycles. The summed E-state index contributed by atoms with van der Waals surface area (Å²) in [5.74, 6) is 0.368. The highest BCUT2D eigenvalue weighted by Gasteiger charge is 2.12. The Bertz CT molecular complexity index is 373.